The number of likely N-dealkylation sites (tertiary alicyclic amines) is 1. The predicted octanol–water partition coefficient (Wildman–Crippen LogP) is 5.15. The highest BCUT2D eigenvalue weighted by atomic mass is 35.5. The van der Waals surface area contributed by atoms with Crippen LogP contribution < -0.4 is 4.74 Å². The van der Waals surface area contributed by atoms with Crippen LogP contribution in [0.3, 0.4) is 0 Å². The molecule has 6 nitrogen and oxygen atoms in total. The maximum absolute atomic E-state index is 13.1. The Morgan fingerprint density at radius 3 is 2.33 bits per heavy atom. The van der Waals surface area contributed by atoms with Gasteiger partial charge in [-0.3, -0.25) is 9.59 Å². The molecule has 33 heavy (non-hydrogen) atoms. The summed E-state index contributed by atoms with van der Waals surface area (Å²) in [7, 11) is 3.88. The van der Waals surface area contributed by atoms with Gasteiger partial charge in [0.15, 0.2) is 0 Å². The molecule has 3 rings (SSSR count). The fraction of sp³-hybridized carbons (Fsp3) is 0.360. The van der Waals surface area contributed by atoms with Gasteiger partial charge in [-0.05, 0) is 82.9 Å². The summed E-state index contributed by atoms with van der Waals surface area (Å²) in [5.41, 5.74) is 1.05. The summed E-state index contributed by atoms with van der Waals surface area (Å²) < 4.78 is 5.65. The van der Waals surface area contributed by atoms with Crippen LogP contribution in [0.5, 0.6) is 5.75 Å². The van der Waals surface area contributed by atoms with E-state index in [1.807, 2.05) is 32.8 Å². The van der Waals surface area contributed by atoms with Crippen LogP contribution in [-0.4, -0.2) is 59.9 Å². The normalized spacial score (nSPS) is 17.9. The van der Waals surface area contributed by atoms with Gasteiger partial charge in [-0.25, -0.2) is 0 Å². The standard InChI is InChI=1S/C25H28Cl2N2O4/c1-15(2)33-18-9-6-16(7-10-18)23(30)21-22(17-8-11-19(26)20(27)14-17)29(25(32)24(21)31)13-5-12-28(3)4/h6-11,14-15,22,30H,5,12-13H2,1-4H3/b23-21+/t22-/m0/s1. The van der Waals surface area contributed by atoms with Gasteiger partial charge in [0.25, 0.3) is 11.7 Å². The van der Waals surface area contributed by atoms with Gasteiger partial charge >= 0.3 is 0 Å². The van der Waals surface area contributed by atoms with Crippen LogP contribution in [0.15, 0.2) is 48.0 Å². The first-order chi connectivity index (χ1) is 15.6. The zero-order valence-corrected chi connectivity index (χ0v) is 20.7. The van der Waals surface area contributed by atoms with E-state index >= 15 is 0 Å². The highest BCUT2D eigenvalue weighted by molar-refractivity contribution is 6.46. The van der Waals surface area contributed by atoms with E-state index in [-0.39, 0.29) is 17.4 Å². The van der Waals surface area contributed by atoms with E-state index in [1.165, 1.54) is 4.90 Å². The number of benzene rings is 2. The van der Waals surface area contributed by atoms with Crippen molar-refractivity contribution in [1.82, 2.24) is 9.80 Å². The van der Waals surface area contributed by atoms with Gasteiger partial charge in [-0.15, -0.1) is 0 Å². The lowest BCUT2D eigenvalue weighted by molar-refractivity contribution is -0.139. The second kappa shape index (κ2) is 10.6. The van der Waals surface area contributed by atoms with E-state index in [0.717, 1.165) is 6.54 Å². The third kappa shape index (κ3) is 5.69. The number of aliphatic hydroxyl groups is 1. The van der Waals surface area contributed by atoms with Crippen molar-refractivity contribution in [3.8, 4) is 5.75 Å². The summed E-state index contributed by atoms with van der Waals surface area (Å²) in [5.74, 6) is -0.968. The Hall–Kier alpha value is -2.54. The number of carbonyl (C=O) groups excluding carboxylic acids is 2. The number of rotatable bonds is 8. The molecule has 0 saturated carbocycles. The van der Waals surface area contributed by atoms with E-state index in [0.29, 0.717) is 39.9 Å². The van der Waals surface area contributed by atoms with Gasteiger partial charge < -0.3 is 19.6 Å². The fourth-order valence-electron chi connectivity index (χ4n) is 3.82. The Morgan fingerprint density at radius 1 is 1.09 bits per heavy atom. The van der Waals surface area contributed by atoms with Crippen LogP contribution in [0.1, 0.15) is 37.4 Å². The monoisotopic (exact) mass is 490 g/mol. The Balaban J connectivity index is 2.06. The number of halogens is 2. The van der Waals surface area contributed by atoms with Crippen LogP contribution in [0.2, 0.25) is 10.0 Å². The minimum absolute atomic E-state index is 0.00610. The van der Waals surface area contributed by atoms with E-state index in [9.17, 15) is 14.7 Å². The smallest absolute Gasteiger partial charge is 0.295 e. The molecule has 1 fully saturated rings. The van der Waals surface area contributed by atoms with Crippen LogP contribution in [0.25, 0.3) is 5.76 Å². The minimum Gasteiger partial charge on any atom is -0.507 e. The molecule has 1 heterocycles. The van der Waals surface area contributed by atoms with Gasteiger partial charge in [-0.1, -0.05) is 29.3 Å². The molecule has 1 saturated heterocycles. The average molecular weight is 491 g/mol. The highest BCUT2D eigenvalue weighted by Gasteiger charge is 2.45. The lowest BCUT2D eigenvalue weighted by atomic mass is 9.95. The number of amides is 1. The zero-order chi connectivity index (χ0) is 24.3. The quantitative estimate of drug-likeness (QED) is 0.314. The topological polar surface area (TPSA) is 70.1 Å². The van der Waals surface area contributed by atoms with E-state index in [2.05, 4.69) is 0 Å². The Labute approximate surface area is 204 Å². The van der Waals surface area contributed by atoms with Gasteiger partial charge in [0.1, 0.15) is 11.5 Å². The summed E-state index contributed by atoms with van der Waals surface area (Å²) >= 11 is 12.3. The molecule has 0 bridgehead atoms. The summed E-state index contributed by atoms with van der Waals surface area (Å²) in [6.45, 7) is 4.94. The summed E-state index contributed by atoms with van der Waals surface area (Å²) in [4.78, 5) is 29.5. The van der Waals surface area contributed by atoms with Gasteiger partial charge in [0.2, 0.25) is 0 Å². The number of carbonyl (C=O) groups is 2. The third-order valence-corrected chi connectivity index (χ3v) is 6.04. The van der Waals surface area contributed by atoms with Crippen LogP contribution in [-0.2, 0) is 9.59 Å². The van der Waals surface area contributed by atoms with Gasteiger partial charge in [-0.2, -0.15) is 0 Å². The first kappa shape index (κ1) is 25.1. The maximum atomic E-state index is 13.1. The molecule has 1 aliphatic rings. The van der Waals surface area contributed by atoms with Gasteiger partial charge in [0.05, 0.1) is 27.8 Å². The third-order valence-electron chi connectivity index (χ3n) is 5.30. The molecule has 0 spiro atoms. The van der Waals surface area contributed by atoms with Crippen LogP contribution >= 0.6 is 23.2 Å². The van der Waals surface area contributed by atoms with Crippen molar-refractivity contribution in [2.45, 2.75) is 32.4 Å². The van der Waals surface area contributed by atoms with Crippen molar-refractivity contribution in [3.05, 3.63) is 69.2 Å². The largest absolute Gasteiger partial charge is 0.507 e. The maximum Gasteiger partial charge on any atom is 0.295 e. The highest BCUT2D eigenvalue weighted by Crippen LogP contribution is 2.41. The Morgan fingerprint density at radius 2 is 1.76 bits per heavy atom. The molecule has 1 atom stereocenters. The molecular formula is C25H28Cl2N2O4. The molecule has 0 radical (unpaired) electrons. The second-order valence-electron chi connectivity index (χ2n) is 8.51. The zero-order valence-electron chi connectivity index (χ0n) is 19.1. The number of ether oxygens (including phenoxy) is 1. The van der Waals surface area contributed by atoms with Crippen molar-refractivity contribution in [1.29, 1.82) is 0 Å². The molecule has 0 aromatic heterocycles. The summed E-state index contributed by atoms with van der Waals surface area (Å²) in [6.07, 6.45) is 0.672. The van der Waals surface area contributed by atoms with Crippen molar-refractivity contribution in [3.63, 3.8) is 0 Å². The molecule has 176 valence electrons. The average Bonchev–Trinajstić information content (AvgIpc) is 3.00. The molecule has 2 aromatic rings. The van der Waals surface area contributed by atoms with Gasteiger partial charge in [0, 0.05) is 12.1 Å². The number of nitrogens with zero attached hydrogens (tertiary/aromatic N) is 2. The van der Waals surface area contributed by atoms with Crippen LogP contribution in [0.4, 0.5) is 0 Å². The number of ketones is 1. The lowest BCUT2D eigenvalue weighted by Gasteiger charge is -2.26. The summed E-state index contributed by atoms with van der Waals surface area (Å²) in [5, 5.41) is 11.8. The Bertz CT molecular complexity index is 1060. The molecule has 8 heteroatoms. The second-order valence-corrected chi connectivity index (χ2v) is 9.33. The molecule has 1 amide bonds. The molecule has 0 aliphatic carbocycles. The number of aliphatic hydroxyl groups excluding tert-OH is 1. The molecule has 2 aromatic carbocycles. The van der Waals surface area contributed by atoms with E-state index < -0.39 is 17.7 Å². The molecule has 0 unspecified atom stereocenters. The van der Waals surface area contributed by atoms with E-state index in [4.69, 9.17) is 27.9 Å². The summed E-state index contributed by atoms with van der Waals surface area (Å²) in [6, 6.07) is 11.0. The Kier molecular flexibility index (Phi) is 8.05. The number of Topliss-reactive ketones (excluding diaryl/α,β-unsaturated/α-hetero) is 1. The van der Waals surface area contributed by atoms with Crippen molar-refractivity contribution in [2.24, 2.45) is 0 Å². The first-order valence-electron chi connectivity index (χ1n) is 10.7. The SMILES string of the molecule is CC(C)Oc1ccc(/C(O)=C2\C(=O)C(=O)N(CCCN(C)C)[C@H]2c2ccc(Cl)c(Cl)c2)cc1. The number of hydrogen-bond acceptors (Lipinski definition) is 5. The van der Waals surface area contributed by atoms with Crippen molar-refractivity contribution < 1.29 is 19.4 Å². The molecule has 1 aliphatic heterocycles. The lowest BCUT2D eigenvalue weighted by Crippen LogP contribution is -2.32. The first-order valence-corrected chi connectivity index (χ1v) is 11.5. The molecule has 1 N–H and O–H groups in total. The fourth-order valence-corrected chi connectivity index (χ4v) is 4.12. The van der Waals surface area contributed by atoms with Crippen molar-refractivity contribution >= 4 is 40.7 Å². The number of hydrogen-bond donors (Lipinski definition) is 1. The minimum atomic E-state index is -0.770. The van der Waals surface area contributed by atoms with Crippen LogP contribution in [0, 0.1) is 0 Å². The predicted molar refractivity (Wildman–Crippen MR) is 131 cm³/mol. The van der Waals surface area contributed by atoms with Crippen molar-refractivity contribution in [2.75, 3.05) is 27.2 Å². The van der Waals surface area contributed by atoms with E-state index in [1.54, 1.807) is 42.5 Å². The molecular weight excluding hydrogens is 463 g/mol.